The second-order valence-corrected chi connectivity index (χ2v) is 6.51. The first kappa shape index (κ1) is 15.9. The highest BCUT2D eigenvalue weighted by Crippen LogP contribution is 2.29. The highest BCUT2D eigenvalue weighted by molar-refractivity contribution is 7.99. The van der Waals surface area contributed by atoms with Gasteiger partial charge in [-0.2, -0.15) is 0 Å². The van der Waals surface area contributed by atoms with E-state index < -0.39 is 5.97 Å². The molecule has 21 heavy (non-hydrogen) atoms. The Labute approximate surface area is 129 Å². The normalized spacial score (nSPS) is 21.7. The lowest BCUT2D eigenvalue weighted by Gasteiger charge is -2.25. The number of carboxylic acid groups (broad SMARTS) is 1. The molecule has 0 radical (unpaired) electrons. The van der Waals surface area contributed by atoms with E-state index in [9.17, 15) is 9.59 Å². The fourth-order valence-corrected chi connectivity index (χ4v) is 3.40. The molecule has 2 rings (SSSR count). The standard InChI is InChI=1S/C16H21NO3S/c18-15(12-6-8-13(9-7-12)16(19)20)17-10-11-21-14-4-2-1-3-5-14/h1-5,12-13H,6-11H2,(H,17,18)(H,19,20). The van der Waals surface area contributed by atoms with Crippen LogP contribution in [0.2, 0.25) is 0 Å². The minimum Gasteiger partial charge on any atom is -0.481 e. The predicted octanol–water partition coefficient (Wildman–Crippen LogP) is 2.79. The lowest BCUT2D eigenvalue weighted by molar-refractivity contribution is -0.144. The molecular formula is C16H21NO3S. The number of hydrogen-bond acceptors (Lipinski definition) is 3. The highest BCUT2D eigenvalue weighted by Gasteiger charge is 2.29. The largest absolute Gasteiger partial charge is 0.481 e. The van der Waals surface area contributed by atoms with Gasteiger partial charge < -0.3 is 10.4 Å². The molecule has 5 heteroatoms. The SMILES string of the molecule is O=C(O)C1CCC(C(=O)NCCSc2ccccc2)CC1. The maximum atomic E-state index is 12.0. The number of carbonyl (C=O) groups excluding carboxylic acids is 1. The molecule has 2 N–H and O–H groups in total. The third-order valence-corrected chi connectivity index (χ3v) is 4.87. The van der Waals surface area contributed by atoms with Crippen LogP contribution < -0.4 is 5.32 Å². The number of benzene rings is 1. The molecule has 4 nitrogen and oxygen atoms in total. The van der Waals surface area contributed by atoms with Gasteiger partial charge in [0.05, 0.1) is 5.92 Å². The van der Waals surface area contributed by atoms with Crippen LogP contribution in [0.3, 0.4) is 0 Å². The number of hydrogen-bond donors (Lipinski definition) is 2. The van der Waals surface area contributed by atoms with E-state index in [0.29, 0.717) is 32.2 Å². The van der Waals surface area contributed by atoms with Crippen LogP contribution >= 0.6 is 11.8 Å². The third kappa shape index (κ3) is 5.08. The van der Waals surface area contributed by atoms with Crippen LogP contribution in [0.25, 0.3) is 0 Å². The Morgan fingerprint density at radius 3 is 2.33 bits per heavy atom. The molecule has 0 unspecified atom stereocenters. The molecule has 0 heterocycles. The molecule has 0 atom stereocenters. The van der Waals surface area contributed by atoms with Crippen molar-refractivity contribution in [3.05, 3.63) is 30.3 Å². The van der Waals surface area contributed by atoms with E-state index in [1.54, 1.807) is 11.8 Å². The third-order valence-electron chi connectivity index (χ3n) is 3.86. The van der Waals surface area contributed by atoms with Crippen molar-refractivity contribution in [3.63, 3.8) is 0 Å². The molecule has 1 aliphatic carbocycles. The lowest BCUT2D eigenvalue weighted by atomic mass is 9.81. The van der Waals surface area contributed by atoms with Gasteiger partial charge in [0, 0.05) is 23.1 Å². The van der Waals surface area contributed by atoms with Crippen LogP contribution in [0.15, 0.2) is 35.2 Å². The molecule has 0 bridgehead atoms. The first-order chi connectivity index (χ1) is 10.2. The molecule has 1 aromatic carbocycles. The van der Waals surface area contributed by atoms with Crippen molar-refractivity contribution in [1.82, 2.24) is 5.32 Å². The van der Waals surface area contributed by atoms with E-state index in [1.165, 1.54) is 4.90 Å². The van der Waals surface area contributed by atoms with Crippen LogP contribution in [0.5, 0.6) is 0 Å². The number of carbonyl (C=O) groups is 2. The van der Waals surface area contributed by atoms with E-state index in [1.807, 2.05) is 18.2 Å². The Bertz CT molecular complexity index is 470. The molecular weight excluding hydrogens is 286 g/mol. The van der Waals surface area contributed by atoms with Crippen LogP contribution in [0.1, 0.15) is 25.7 Å². The summed E-state index contributed by atoms with van der Waals surface area (Å²) in [5, 5.41) is 11.9. The molecule has 0 saturated heterocycles. The van der Waals surface area contributed by atoms with E-state index >= 15 is 0 Å². The summed E-state index contributed by atoms with van der Waals surface area (Å²) < 4.78 is 0. The van der Waals surface area contributed by atoms with E-state index in [2.05, 4.69) is 17.4 Å². The maximum absolute atomic E-state index is 12.0. The summed E-state index contributed by atoms with van der Waals surface area (Å²) in [5.41, 5.74) is 0. The van der Waals surface area contributed by atoms with Crippen molar-refractivity contribution in [2.24, 2.45) is 11.8 Å². The number of rotatable bonds is 6. The Kier molecular flexibility index (Phi) is 6.11. The number of thioether (sulfide) groups is 1. The second-order valence-electron chi connectivity index (χ2n) is 5.34. The summed E-state index contributed by atoms with van der Waals surface area (Å²) in [6.45, 7) is 0.650. The highest BCUT2D eigenvalue weighted by atomic mass is 32.2. The summed E-state index contributed by atoms with van der Waals surface area (Å²) in [5.74, 6) is -0.0779. The van der Waals surface area contributed by atoms with Gasteiger partial charge >= 0.3 is 5.97 Å². The Morgan fingerprint density at radius 1 is 1.10 bits per heavy atom. The molecule has 0 aliphatic heterocycles. The zero-order valence-corrected chi connectivity index (χ0v) is 12.8. The van der Waals surface area contributed by atoms with Gasteiger partial charge in [-0.15, -0.1) is 11.8 Å². The van der Waals surface area contributed by atoms with Gasteiger partial charge in [-0.25, -0.2) is 0 Å². The fourth-order valence-electron chi connectivity index (χ4n) is 2.61. The van der Waals surface area contributed by atoms with Gasteiger partial charge in [0.15, 0.2) is 0 Å². The van der Waals surface area contributed by atoms with Crippen molar-refractivity contribution in [3.8, 4) is 0 Å². The molecule has 1 saturated carbocycles. The Hall–Kier alpha value is -1.49. The zero-order valence-electron chi connectivity index (χ0n) is 12.0. The molecule has 1 amide bonds. The minimum atomic E-state index is -0.729. The van der Waals surface area contributed by atoms with Crippen LogP contribution in [-0.4, -0.2) is 29.3 Å². The molecule has 0 aromatic heterocycles. The molecule has 1 aliphatic rings. The minimum absolute atomic E-state index is 0.0117. The van der Waals surface area contributed by atoms with Gasteiger partial charge in [-0.05, 0) is 37.8 Å². The number of aliphatic carboxylic acids is 1. The van der Waals surface area contributed by atoms with Crippen LogP contribution in [0, 0.1) is 11.8 Å². The molecule has 0 spiro atoms. The van der Waals surface area contributed by atoms with Crippen molar-refractivity contribution < 1.29 is 14.7 Å². The van der Waals surface area contributed by atoms with Gasteiger partial charge in [-0.1, -0.05) is 18.2 Å². The molecule has 114 valence electrons. The van der Waals surface area contributed by atoms with Crippen molar-refractivity contribution >= 4 is 23.6 Å². The monoisotopic (exact) mass is 307 g/mol. The van der Waals surface area contributed by atoms with E-state index in [4.69, 9.17) is 5.11 Å². The number of carboxylic acids is 1. The van der Waals surface area contributed by atoms with Gasteiger partial charge in [0.1, 0.15) is 0 Å². The smallest absolute Gasteiger partial charge is 0.306 e. The average molecular weight is 307 g/mol. The van der Waals surface area contributed by atoms with E-state index in [-0.39, 0.29) is 17.7 Å². The quantitative estimate of drug-likeness (QED) is 0.626. The number of amides is 1. The van der Waals surface area contributed by atoms with Gasteiger partial charge in [-0.3, -0.25) is 9.59 Å². The van der Waals surface area contributed by atoms with E-state index in [0.717, 1.165) is 5.75 Å². The second kappa shape index (κ2) is 8.08. The summed E-state index contributed by atoms with van der Waals surface area (Å²) in [6.07, 6.45) is 2.61. The van der Waals surface area contributed by atoms with Gasteiger partial charge in [0.25, 0.3) is 0 Å². The fraction of sp³-hybridized carbons (Fsp3) is 0.500. The summed E-state index contributed by atoms with van der Waals surface area (Å²) in [7, 11) is 0. The lowest BCUT2D eigenvalue weighted by Crippen LogP contribution is -2.35. The number of nitrogens with one attached hydrogen (secondary N) is 1. The summed E-state index contributed by atoms with van der Waals surface area (Å²) >= 11 is 1.72. The predicted molar refractivity (Wildman–Crippen MR) is 83.3 cm³/mol. The van der Waals surface area contributed by atoms with Crippen molar-refractivity contribution in [1.29, 1.82) is 0 Å². The van der Waals surface area contributed by atoms with Crippen LogP contribution in [0.4, 0.5) is 0 Å². The average Bonchev–Trinajstić information content (AvgIpc) is 2.52. The topological polar surface area (TPSA) is 66.4 Å². The molecule has 1 fully saturated rings. The van der Waals surface area contributed by atoms with Crippen molar-refractivity contribution in [2.75, 3.05) is 12.3 Å². The maximum Gasteiger partial charge on any atom is 0.306 e. The van der Waals surface area contributed by atoms with Crippen LogP contribution in [-0.2, 0) is 9.59 Å². The zero-order chi connectivity index (χ0) is 15.1. The van der Waals surface area contributed by atoms with Crippen molar-refractivity contribution in [2.45, 2.75) is 30.6 Å². The summed E-state index contributed by atoms with van der Waals surface area (Å²) in [4.78, 5) is 24.1. The molecule has 1 aromatic rings. The first-order valence-electron chi connectivity index (χ1n) is 7.35. The Balaban J connectivity index is 1.63. The first-order valence-corrected chi connectivity index (χ1v) is 8.33. The summed E-state index contributed by atoms with van der Waals surface area (Å²) in [6, 6.07) is 10.1. The Morgan fingerprint density at radius 2 is 1.71 bits per heavy atom. The van der Waals surface area contributed by atoms with Gasteiger partial charge in [0.2, 0.25) is 5.91 Å².